The monoisotopic (exact) mass is 766 g/mol. The van der Waals surface area contributed by atoms with Gasteiger partial charge in [0.25, 0.3) is 0 Å². The van der Waals surface area contributed by atoms with Gasteiger partial charge >= 0.3 is 0 Å². The van der Waals surface area contributed by atoms with Crippen molar-refractivity contribution in [3.8, 4) is 67.3 Å². The molecule has 9 aromatic carbocycles. The molecule has 0 N–H and O–H groups in total. The summed E-state index contributed by atoms with van der Waals surface area (Å²) >= 11 is 0. The lowest BCUT2D eigenvalue weighted by Gasteiger charge is -2.22. The smallest absolute Gasteiger partial charge is 0.160 e. The van der Waals surface area contributed by atoms with Crippen LogP contribution >= 0.6 is 0 Å². The minimum absolute atomic E-state index is 0.164. The van der Waals surface area contributed by atoms with Gasteiger partial charge in [0.1, 0.15) is 11.2 Å². The molecule has 12 rings (SSSR count). The molecule has 0 fully saturated rings. The minimum Gasteiger partial charge on any atom is -0.456 e. The van der Waals surface area contributed by atoms with Crippen molar-refractivity contribution >= 4 is 43.5 Å². The van der Waals surface area contributed by atoms with Crippen molar-refractivity contribution in [3.05, 3.63) is 205 Å². The molecule has 282 valence electrons. The average Bonchev–Trinajstić information content (AvgIpc) is 3.79. The van der Waals surface area contributed by atoms with Crippen LogP contribution in [0, 0.1) is 0 Å². The Morgan fingerprint density at radius 3 is 1.80 bits per heavy atom. The summed E-state index contributed by atoms with van der Waals surface area (Å²) in [6, 6.07) is 69.5. The first-order chi connectivity index (χ1) is 29.5. The summed E-state index contributed by atoms with van der Waals surface area (Å²) in [6.07, 6.45) is 0. The number of benzene rings is 9. The van der Waals surface area contributed by atoms with E-state index in [0.29, 0.717) is 5.82 Å². The fraction of sp³-hybridized carbons (Fsp3) is 0.0526. The molecule has 0 amide bonds. The highest BCUT2D eigenvalue weighted by Gasteiger charge is 2.37. The summed E-state index contributed by atoms with van der Waals surface area (Å²) in [5, 5.41) is 7.07. The van der Waals surface area contributed by atoms with Crippen LogP contribution in [-0.2, 0) is 5.41 Å². The van der Waals surface area contributed by atoms with Gasteiger partial charge in [0.15, 0.2) is 5.82 Å². The highest BCUT2D eigenvalue weighted by atomic mass is 16.3. The summed E-state index contributed by atoms with van der Waals surface area (Å²) in [5.41, 5.74) is 16.4. The SMILES string of the molecule is CC1(C)c2cc3ccccc3cc2-c2c(-c3cc(-c4ccc(-c5ccccc5-c5ccc6c(c5)oc5ccccc56)c5ccccc45)nc(-c4ccccc4)n3)cccc21. The summed E-state index contributed by atoms with van der Waals surface area (Å²) in [6.45, 7) is 4.69. The van der Waals surface area contributed by atoms with E-state index in [1.807, 2.05) is 18.2 Å². The molecule has 0 unspecified atom stereocenters. The van der Waals surface area contributed by atoms with Gasteiger partial charge in [-0.05, 0) is 102 Å². The molecule has 0 bridgehead atoms. The van der Waals surface area contributed by atoms with Gasteiger partial charge in [0.05, 0.1) is 11.4 Å². The molecule has 2 aromatic heterocycles. The zero-order chi connectivity index (χ0) is 40.0. The van der Waals surface area contributed by atoms with Crippen LogP contribution in [0.2, 0.25) is 0 Å². The molecule has 3 heteroatoms. The molecule has 60 heavy (non-hydrogen) atoms. The van der Waals surface area contributed by atoms with Crippen molar-refractivity contribution in [1.29, 1.82) is 0 Å². The van der Waals surface area contributed by atoms with E-state index < -0.39 is 0 Å². The number of aromatic nitrogens is 2. The summed E-state index contributed by atoms with van der Waals surface area (Å²) in [7, 11) is 0. The van der Waals surface area contributed by atoms with Crippen LogP contribution in [0.15, 0.2) is 199 Å². The Balaban J connectivity index is 1.04. The maximum absolute atomic E-state index is 6.34. The zero-order valence-electron chi connectivity index (χ0n) is 33.3. The van der Waals surface area contributed by atoms with Gasteiger partial charge in [0.2, 0.25) is 0 Å². The number of rotatable bonds is 5. The molecule has 2 heterocycles. The molecular formula is C57H38N2O. The van der Waals surface area contributed by atoms with Gasteiger partial charge in [-0.15, -0.1) is 0 Å². The standard InChI is InChI=1S/C57H38N2O/c1-57(2)49-25-14-24-47(55(49)48-31-36-17-6-7-18-37(36)32-50(48)57)52-34-51(58-56(59-52)35-15-4-3-5-16-35)44-30-29-43(41-21-10-11-22-42(41)44)40-20-9-8-19-39(40)38-27-28-46-45-23-12-13-26-53(45)60-54(46)33-38/h3-34H,1-2H3. The van der Waals surface area contributed by atoms with Crippen LogP contribution in [0.4, 0.5) is 0 Å². The van der Waals surface area contributed by atoms with Gasteiger partial charge in [-0.25, -0.2) is 9.97 Å². The van der Waals surface area contributed by atoms with Crippen LogP contribution in [0.25, 0.3) is 111 Å². The van der Waals surface area contributed by atoms with Crippen LogP contribution in [-0.4, -0.2) is 9.97 Å². The van der Waals surface area contributed by atoms with Crippen LogP contribution in [0.5, 0.6) is 0 Å². The van der Waals surface area contributed by atoms with E-state index >= 15 is 0 Å². The second-order valence-corrected chi connectivity index (χ2v) is 16.5. The molecule has 0 radical (unpaired) electrons. The number of hydrogen-bond donors (Lipinski definition) is 0. The van der Waals surface area contributed by atoms with Crippen LogP contribution < -0.4 is 0 Å². The van der Waals surface area contributed by atoms with Crippen molar-refractivity contribution in [1.82, 2.24) is 9.97 Å². The van der Waals surface area contributed by atoms with Crippen LogP contribution in [0.1, 0.15) is 25.0 Å². The number of nitrogens with zero attached hydrogens (tertiary/aromatic N) is 2. The normalized spacial score (nSPS) is 13.0. The molecule has 0 saturated carbocycles. The lowest BCUT2D eigenvalue weighted by atomic mass is 9.81. The molecular weight excluding hydrogens is 729 g/mol. The largest absolute Gasteiger partial charge is 0.456 e. The van der Waals surface area contributed by atoms with E-state index in [9.17, 15) is 0 Å². The van der Waals surface area contributed by atoms with Gasteiger partial charge in [-0.1, -0.05) is 172 Å². The predicted octanol–water partition coefficient (Wildman–Crippen LogP) is 15.3. The Morgan fingerprint density at radius 2 is 0.983 bits per heavy atom. The summed E-state index contributed by atoms with van der Waals surface area (Å²) in [5.74, 6) is 0.705. The number of para-hydroxylation sites is 1. The highest BCUT2D eigenvalue weighted by Crippen LogP contribution is 2.53. The highest BCUT2D eigenvalue weighted by molar-refractivity contribution is 6.09. The maximum Gasteiger partial charge on any atom is 0.160 e. The second-order valence-electron chi connectivity index (χ2n) is 16.5. The van der Waals surface area contributed by atoms with Gasteiger partial charge in [-0.2, -0.15) is 0 Å². The Morgan fingerprint density at radius 1 is 0.367 bits per heavy atom. The third kappa shape index (κ3) is 5.29. The number of fused-ring (bicyclic) bond motifs is 8. The number of furan rings is 1. The molecule has 0 atom stereocenters. The van der Waals surface area contributed by atoms with E-state index in [0.717, 1.165) is 77.5 Å². The van der Waals surface area contributed by atoms with Crippen molar-refractivity contribution in [2.75, 3.05) is 0 Å². The maximum atomic E-state index is 6.34. The van der Waals surface area contributed by atoms with Crippen molar-refractivity contribution in [2.45, 2.75) is 19.3 Å². The predicted molar refractivity (Wildman–Crippen MR) is 249 cm³/mol. The quantitative estimate of drug-likeness (QED) is 0.175. The molecule has 0 saturated heterocycles. The number of hydrogen-bond acceptors (Lipinski definition) is 3. The average molecular weight is 767 g/mol. The first-order valence-electron chi connectivity index (χ1n) is 20.6. The first kappa shape index (κ1) is 34.4. The van der Waals surface area contributed by atoms with Crippen molar-refractivity contribution in [2.24, 2.45) is 0 Å². The Hall–Kier alpha value is -7.62. The van der Waals surface area contributed by atoms with E-state index in [-0.39, 0.29) is 5.41 Å². The molecule has 1 aliphatic carbocycles. The van der Waals surface area contributed by atoms with Gasteiger partial charge in [0, 0.05) is 32.9 Å². The van der Waals surface area contributed by atoms with E-state index in [4.69, 9.17) is 14.4 Å². The molecule has 1 aliphatic rings. The van der Waals surface area contributed by atoms with E-state index in [1.165, 1.54) is 38.6 Å². The lowest BCUT2D eigenvalue weighted by molar-refractivity contribution is 0.661. The van der Waals surface area contributed by atoms with Crippen molar-refractivity contribution in [3.63, 3.8) is 0 Å². The zero-order valence-corrected chi connectivity index (χ0v) is 33.3. The Labute approximate surface area is 348 Å². The Kier molecular flexibility index (Phi) is 7.58. The van der Waals surface area contributed by atoms with Crippen molar-refractivity contribution < 1.29 is 4.42 Å². The third-order valence-electron chi connectivity index (χ3n) is 12.7. The topological polar surface area (TPSA) is 38.9 Å². The summed E-state index contributed by atoms with van der Waals surface area (Å²) < 4.78 is 6.34. The minimum atomic E-state index is -0.164. The Bertz CT molecular complexity index is 3520. The fourth-order valence-corrected chi connectivity index (χ4v) is 9.75. The van der Waals surface area contributed by atoms with E-state index in [2.05, 4.69) is 190 Å². The van der Waals surface area contributed by atoms with Crippen LogP contribution in [0.3, 0.4) is 0 Å². The van der Waals surface area contributed by atoms with Gasteiger partial charge in [-0.3, -0.25) is 0 Å². The first-order valence-corrected chi connectivity index (χ1v) is 20.6. The lowest BCUT2D eigenvalue weighted by Crippen LogP contribution is -2.14. The third-order valence-corrected chi connectivity index (χ3v) is 12.7. The molecule has 11 aromatic rings. The van der Waals surface area contributed by atoms with Gasteiger partial charge < -0.3 is 4.42 Å². The fourth-order valence-electron chi connectivity index (χ4n) is 9.75. The molecule has 0 aliphatic heterocycles. The van der Waals surface area contributed by atoms with E-state index in [1.54, 1.807) is 0 Å². The molecule has 0 spiro atoms. The second kappa shape index (κ2) is 13.2. The molecule has 3 nitrogen and oxygen atoms in total. The summed E-state index contributed by atoms with van der Waals surface area (Å²) in [4.78, 5) is 10.7.